The van der Waals surface area contributed by atoms with E-state index >= 15 is 0 Å². The predicted octanol–water partition coefficient (Wildman–Crippen LogP) is 4.32. The molecular formula is C18H20ClNO4. The maximum atomic E-state index is 12.5. The van der Waals surface area contributed by atoms with Gasteiger partial charge in [-0.1, -0.05) is 11.6 Å². The van der Waals surface area contributed by atoms with Gasteiger partial charge in [0.25, 0.3) is 5.91 Å². The zero-order valence-corrected chi connectivity index (χ0v) is 14.9. The Balaban J connectivity index is 2.28. The molecule has 1 amide bonds. The first-order chi connectivity index (χ1) is 11.5. The molecule has 128 valence electrons. The predicted molar refractivity (Wildman–Crippen MR) is 94.9 cm³/mol. The first-order valence-corrected chi connectivity index (χ1v) is 7.84. The van der Waals surface area contributed by atoms with Crippen LogP contribution in [-0.4, -0.2) is 26.7 Å². The number of benzene rings is 2. The molecule has 0 unspecified atom stereocenters. The monoisotopic (exact) mass is 349 g/mol. The number of rotatable bonds is 6. The van der Waals surface area contributed by atoms with E-state index in [0.717, 1.165) is 11.3 Å². The summed E-state index contributed by atoms with van der Waals surface area (Å²) in [6.45, 7) is 4.39. The SMILES string of the molecule is CCOc1ccc(C(=O)Nc2cc(OC)c(Cl)cc2OC)cc1C. The summed E-state index contributed by atoms with van der Waals surface area (Å²) >= 11 is 6.07. The highest BCUT2D eigenvalue weighted by Crippen LogP contribution is 2.36. The van der Waals surface area contributed by atoms with Gasteiger partial charge in [-0.15, -0.1) is 0 Å². The van der Waals surface area contributed by atoms with Crippen LogP contribution in [0.25, 0.3) is 0 Å². The molecule has 0 aliphatic heterocycles. The highest BCUT2D eigenvalue weighted by atomic mass is 35.5. The van der Waals surface area contributed by atoms with Crippen molar-refractivity contribution in [2.24, 2.45) is 0 Å². The number of carbonyl (C=O) groups is 1. The van der Waals surface area contributed by atoms with Gasteiger partial charge in [0.05, 0.1) is 31.5 Å². The standard InChI is InChI=1S/C18H20ClNO4/c1-5-24-15-7-6-12(8-11(15)2)18(21)20-14-10-16(22-3)13(19)9-17(14)23-4/h6-10H,5H2,1-4H3,(H,20,21). The molecule has 0 aromatic heterocycles. The summed E-state index contributed by atoms with van der Waals surface area (Å²) in [6.07, 6.45) is 0. The van der Waals surface area contributed by atoms with Gasteiger partial charge in [0.2, 0.25) is 0 Å². The lowest BCUT2D eigenvalue weighted by Gasteiger charge is -2.14. The van der Waals surface area contributed by atoms with Crippen LogP contribution >= 0.6 is 11.6 Å². The minimum atomic E-state index is -0.260. The van der Waals surface area contributed by atoms with Crippen molar-refractivity contribution < 1.29 is 19.0 Å². The second-order valence-electron chi connectivity index (χ2n) is 5.05. The second-order valence-corrected chi connectivity index (χ2v) is 5.46. The third kappa shape index (κ3) is 3.92. The van der Waals surface area contributed by atoms with Gasteiger partial charge in [-0.25, -0.2) is 0 Å². The first kappa shape index (κ1) is 17.9. The number of ether oxygens (including phenoxy) is 3. The molecule has 0 saturated heterocycles. The lowest BCUT2D eigenvalue weighted by Crippen LogP contribution is -2.13. The van der Waals surface area contributed by atoms with Crippen molar-refractivity contribution in [3.8, 4) is 17.2 Å². The minimum absolute atomic E-state index is 0.260. The molecule has 1 N–H and O–H groups in total. The van der Waals surface area contributed by atoms with E-state index < -0.39 is 0 Å². The zero-order chi connectivity index (χ0) is 17.7. The van der Waals surface area contributed by atoms with Crippen molar-refractivity contribution in [2.75, 3.05) is 26.1 Å². The number of amides is 1. The average molecular weight is 350 g/mol. The third-order valence-corrected chi connectivity index (χ3v) is 3.75. The van der Waals surface area contributed by atoms with Crippen LogP contribution in [0.15, 0.2) is 30.3 Å². The summed E-state index contributed by atoms with van der Waals surface area (Å²) in [5.41, 5.74) is 1.90. The molecule has 2 rings (SSSR count). The van der Waals surface area contributed by atoms with E-state index in [-0.39, 0.29) is 5.91 Å². The Morgan fingerprint density at radius 1 is 1.08 bits per heavy atom. The van der Waals surface area contributed by atoms with Crippen molar-refractivity contribution in [2.45, 2.75) is 13.8 Å². The maximum absolute atomic E-state index is 12.5. The minimum Gasteiger partial charge on any atom is -0.495 e. The van der Waals surface area contributed by atoms with E-state index in [0.29, 0.717) is 34.4 Å². The van der Waals surface area contributed by atoms with Crippen molar-refractivity contribution in [3.63, 3.8) is 0 Å². The van der Waals surface area contributed by atoms with E-state index in [1.807, 2.05) is 13.8 Å². The lowest BCUT2D eigenvalue weighted by molar-refractivity contribution is 0.102. The molecule has 0 radical (unpaired) electrons. The Labute approximate surface area is 146 Å². The smallest absolute Gasteiger partial charge is 0.255 e. The van der Waals surface area contributed by atoms with Crippen molar-refractivity contribution >= 4 is 23.2 Å². The van der Waals surface area contributed by atoms with Gasteiger partial charge in [-0.3, -0.25) is 4.79 Å². The van der Waals surface area contributed by atoms with Crippen LogP contribution < -0.4 is 19.5 Å². The van der Waals surface area contributed by atoms with E-state index in [1.165, 1.54) is 14.2 Å². The molecule has 2 aromatic rings. The summed E-state index contributed by atoms with van der Waals surface area (Å²) in [4.78, 5) is 12.5. The molecule has 0 heterocycles. The fourth-order valence-electron chi connectivity index (χ4n) is 2.26. The fraction of sp³-hybridized carbons (Fsp3) is 0.278. The second kappa shape index (κ2) is 7.93. The molecule has 0 fully saturated rings. The van der Waals surface area contributed by atoms with Crippen LogP contribution in [-0.2, 0) is 0 Å². The van der Waals surface area contributed by atoms with Crippen molar-refractivity contribution in [3.05, 3.63) is 46.5 Å². The maximum Gasteiger partial charge on any atom is 0.255 e. The summed E-state index contributed by atoms with van der Waals surface area (Å²) in [6, 6.07) is 8.50. The molecule has 2 aromatic carbocycles. The highest BCUT2D eigenvalue weighted by molar-refractivity contribution is 6.32. The number of hydrogen-bond donors (Lipinski definition) is 1. The lowest BCUT2D eigenvalue weighted by atomic mass is 10.1. The van der Waals surface area contributed by atoms with Crippen LogP contribution in [0.3, 0.4) is 0 Å². The largest absolute Gasteiger partial charge is 0.495 e. The number of aryl methyl sites for hydroxylation is 1. The molecule has 0 spiro atoms. The molecule has 0 atom stereocenters. The highest BCUT2D eigenvalue weighted by Gasteiger charge is 2.14. The fourth-order valence-corrected chi connectivity index (χ4v) is 2.49. The molecule has 6 heteroatoms. The van der Waals surface area contributed by atoms with Crippen molar-refractivity contribution in [1.29, 1.82) is 0 Å². The van der Waals surface area contributed by atoms with Crippen LogP contribution in [0, 0.1) is 6.92 Å². The average Bonchev–Trinajstić information content (AvgIpc) is 2.57. The Bertz CT molecular complexity index is 746. The number of halogens is 1. The topological polar surface area (TPSA) is 56.8 Å². The molecule has 0 saturated carbocycles. The zero-order valence-electron chi connectivity index (χ0n) is 14.1. The quantitative estimate of drug-likeness (QED) is 0.844. The van der Waals surface area contributed by atoms with Crippen LogP contribution in [0.5, 0.6) is 17.2 Å². The summed E-state index contributed by atoms with van der Waals surface area (Å²) in [7, 11) is 3.02. The number of carbonyl (C=O) groups excluding carboxylic acids is 1. The number of methoxy groups -OCH3 is 2. The van der Waals surface area contributed by atoms with E-state index in [2.05, 4.69) is 5.32 Å². The van der Waals surface area contributed by atoms with Gasteiger partial charge >= 0.3 is 0 Å². The van der Waals surface area contributed by atoms with Crippen LogP contribution in [0.2, 0.25) is 5.02 Å². The number of nitrogens with one attached hydrogen (secondary N) is 1. The normalized spacial score (nSPS) is 10.2. The summed E-state index contributed by atoms with van der Waals surface area (Å²) in [5.74, 6) is 1.41. The van der Waals surface area contributed by atoms with Gasteiger partial charge < -0.3 is 19.5 Å². The molecule has 5 nitrogen and oxygen atoms in total. The summed E-state index contributed by atoms with van der Waals surface area (Å²) in [5, 5.41) is 3.22. The Morgan fingerprint density at radius 2 is 1.79 bits per heavy atom. The molecule has 0 aliphatic rings. The van der Waals surface area contributed by atoms with Crippen molar-refractivity contribution in [1.82, 2.24) is 0 Å². The Morgan fingerprint density at radius 3 is 2.38 bits per heavy atom. The van der Waals surface area contributed by atoms with E-state index in [4.69, 9.17) is 25.8 Å². The molecular weight excluding hydrogens is 330 g/mol. The first-order valence-electron chi connectivity index (χ1n) is 7.46. The molecule has 24 heavy (non-hydrogen) atoms. The number of hydrogen-bond acceptors (Lipinski definition) is 4. The Hall–Kier alpha value is -2.40. The van der Waals surface area contributed by atoms with E-state index in [1.54, 1.807) is 30.3 Å². The van der Waals surface area contributed by atoms with Gasteiger partial charge in [0.15, 0.2) is 0 Å². The molecule has 0 aliphatic carbocycles. The van der Waals surface area contributed by atoms with Gasteiger partial charge in [-0.2, -0.15) is 0 Å². The summed E-state index contributed by atoms with van der Waals surface area (Å²) < 4.78 is 15.9. The van der Waals surface area contributed by atoms with Crippen LogP contribution in [0.1, 0.15) is 22.8 Å². The van der Waals surface area contributed by atoms with E-state index in [9.17, 15) is 4.79 Å². The van der Waals surface area contributed by atoms with Gasteiger partial charge in [-0.05, 0) is 37.6 Å². The van der Waals surface area contributed by atoms with Gasteiger partial charge in [0, 0.05) is 17.7 Å². The molecule has 0 bridgehead atoms. The van der Waals surface area contributed by atoms with Crippen LogP contribution in [0.4, 0.5) is 5.69 Å². The Kier molecular flexibility index (Phi) is 5.93. The van der Waals surface area contributed by atoms with Gasteiger partial charge in [0.1, 0.15) is 17.2 Å². The third-order valence-electron chi connectivity index (χ3n) is 3.46. The number of anilines is 1.